The Morgan fingerprint density at radius 3 is 1.63 bits per heavy atom. The molecule has 8 bridgehead atoms. The number of hydrogen-bond acceptors (Lipinski definition) is 5. The molecule has 0 unspecified atom stereocenters. The zero-order valence-electron chi connectivity index (χ0n) is 29.7. The Morgan fingerprint density at radius 1 is 0.714 bits per heavy atom. The van der Waals surface area contributed by atoms with Gasteiger partial charge < -0.3 is 14.7 Å². The minimum Gasteiger partial charge on any atom is -0.657 e. The van der Waals surface area contributed by atoms with E-state index in [4.69, 9.17) is 24.7 Å². The van der Waals surface area contributed by atoms with Gasteiger partial charge in [0.05, 0.1) is 17.1 Å². The molecule has 0 atom stereocenters. The summed E-state index contributed by atoms with van der Waals surface area (Å²) in [7, 11) is 0. The average Bonchev–Trinajstić information content (AvgIpc) is 3.77. The normalized spacial score (nSPS) is 15.0. The number of halogens is 3. The van der Waals surface area contributed by atoms with E-state index in [1.807, 2.05) is 46.8 Å². The van der Waals surface area contributed by atoms with Gasteiger partial charge in [0.1, 0.15) is 11.4 Å². The largest absolute Gasteiger partial charge is 2.00 e. The number of allylic oxidation sites excluding steroid dienone is 4. The number of alkyl halides is 3. The van der Waals surface area contributed by atoms with Crippen LogP contribution in [-0.4, -0.2) is 27.9 Å². The molecule has 0 aliphatic carbocycles. The van der Waals surface area contributed by atoms with Crippen LogP contribution >= 0.6 is 0 Å². The van der Waals surface area contributed by atoms with Gasteiger partial charge in [-0.05, 0) is 79.4 Å². The SMILES string of the molecule is CCC1=C(CC)c2cc3[n-]c(cc4nc(c(OC(=O)C(F)(F)F)c5[n-]c(cc1n2)C(CC)(CC)C5=O)C(CC)=C4CC)c(CC)c3CC.[Zn+2]. The summed E-state index contributed by atoms with van der Waals surface area (Å²) in [6, 6.07) is 5.70. The number of nitrogens with zero attached hydrogens (tertiary/aromatic N) is 4. The molecule has 0 saturated heterocycles. The molecule has 0 amide bonds. The maximum atomic E-state index is 14.5. The van der Waals surface area contributed by atoms with Gasteiger partial charge in [-0.1, -0.05) is 84.7 Å². The molecule has 2 aromatic rings. The molecule has 5 heterocycles. The van der Waals surface area contributed by atoms with Gasteiger partial charge >= 0.3 is 31.6 Å². The summed E-state index contributed by atoms with van der Waals surface area (Å²) in [6.45, 7) is 15.8. The van der Waals surface area contributed by atoms with Gasteiger partial charge in [0.2, 0.25) is 0 Å². The van der Waals surface area contributed by atoms with Gasteiger partial charge in [-0.3, -0.25) is 4.79 Å². The van der Waals surface area contributed by atoms with E-state index in [-0.39, 0.29) is 30.9 Å². The maximum absolute atomic E-state index is 14.5. The summed E-state index contributed by atoms with van der Waals surface area (Å²) in [6.07, 6.45) is -0.922. The molecule has 0 radical (unpaired) electrons. The molecule has 0 spiro atoms. The van der Waals surface area contributed by atoms with E-state index in [2.05, 4.69) is 20.8 Å². The van der Waals surface area contributed by atoms with Crippen LogP contribution in [-0.2, 0) is 42.5 Å². The van der Waals surface area contributed by atoms with Crippen LogP contribution in [0, 0.1) is 0 Å². The van der Waals surface area contributed by atoms with Crippen molar-refractivity contribution in [3.63, 3.8) is 0 Å². The first-order valence-corrected chi connectivity index (χ1v) is 17.1. The number of carbonyl (C=O) groups is 2. The number of aryl methyl sites for hydroxylation is 2. The van der Waals surface area contributed by atoms with Crippen LogP contribution in [0.15, 0.2) is 18.2 Å². The monoisotopic (exact) mass is 724 g/mol. The number of esters is 1. The predicted molar refractivity (Wildman–Crippen MR) is 182 cm³/mol. The molecule has 11 heteroatoms. The molecule has 5 rings (SSSR count). The Kier molecular flexibility index (Phi) is 11.5. The van der Waals surface area contributed by atoms with Gasteiger partial charge in [-0.15, -0.1) is 16.7 Å². The number of ether oxygens (including phenoxy) is 1. The second kappa shape index (κ2) is 14.7. The fourth-order valence-corrected chi connectivity index (χ4v) is 7.47. The van der Waals surface area contributed by atoms with Crippen molar-refractivity contribution in [2.24, 2.45) is 0 Å². The van der Waals surface area contributed by atoms with Gasteiger partial charge in [0, 0.05) is 5.41 Å². The Hall–Kier alpha value is -3.59. The second-order valence-electron chi connectivity index (χ2n) is 12.2. The van der Waals surface area contributed by atoms with Gasteiger partial charge in [-0.25, -0.2) is 14.8 Å². The Bertz CT molecular complexity index is 1930. The number of carbonyl (C=O) groups excluding carboxylic acids is 2. The molecule has 0 aromatic carbocycles. The summed E-state index contributed by atoms with van der Waals surface area (Å²) < 4.78 is 46.5. The van der Waals surface area contributed by atoms with Crippen LogP contribution in [0.3, 0.4) is 0 Å². The average molecular weight is 726 g/mol. The number of ketones is 1. The van der Waals surface area contributed by atoms with Crippen LogP contribution < -0.4 is 14.7 Å². The van der Waals surface area contributed by atoms with Crippen molar-refractivity contribution in [2.45, 2.75) is 118 Å². The third-order valence-electron chi connectivity index (χ3n) is 10.0. The van der Waals surface area contributed by atoms with E-state index in [9.17, 15) is 22.8 Å². The zero-order chi connectivity index (χ0) is 35.1. The minimum atomic E-state index is -5.31. The standard InChI is InChI=1S/C38H44F3N4O3.Zn/c1-9-20-21(10-2)28-18-29-24(13-5)25(14-6)32(44-29)34(48-36(47)38(39,40)41)33-35(46)37(15-7,16-8)31(45-33)19-30-23(12-4)22(11-3)27(43-30)17-26(20)42-28;/h17-19H,9-16H2,1-8H3,(H-,42,43,44,45,46);/q-1;+2/p-1. The van der Waals surface area contributed by atoms with Crippen molar-refractivity contribution in [3.8, 4) is 5.75 Å². The van der Waals surface area contributed by atoms with Crippen LogP contribution in [0.4, 0.5) is 13.2 Å². The molecule has 0 saturated carbocycles. The van der Waals surface area contributed by atoms with E-state index < -0.39 is 29.1 Å². The van der Waals surface area contributed by atoms with Crippen molar-refractivity contribution in [2.75, 3.05) is 0 Å². The number of rotatable bonds is 9. The van der Waals surface area contributed by atoms with Gasteiger partial charge in [0.25, 0.3) is 0 Å². The van der Waals surface area contributed by atoms with E-state index in [0.29, 0.717) is 61.2 Å². The quantitative estimate of drug-likeness (QED) is 0.188. The Morgan fingerprint density at radius 2 is 1.18 bits per heavy atom. The van der Waals surface area contributed by atoms with Crippen LogP contribution in [0.1, 0.15) is 144 Å². The molecule has 256 valence electrons. The smallest absolute Gasteiger partial charge is 0.657 e. The van der Waals surface area contributed by atoms with E-state index >= 15 is 0 Å². The molecule has 0 N–H and O–H groups in total. The fourth-order valence-electron chi connectivity index (χ4n) is 7.47. The molecule has 3 aliphatic rings. The maximum Gasteiger partial charge on any atom is 2.00 e. The number of Topliss-reactive ketones (excluding diaryl/α,β-unsaturated/α-hetero) is 1. The molecule has 3 aliphatic heterocycles. The van der Waals surface area contributed by atoms with Gasteiger partial charge in [0.15, 0.2) is 5.78 Å². The van der Waals surface area contributed by atoms with Gasteiger partial charge in [-0.2, -0.15) is 13.2 Å². The molecule has 0 fully saturated rings. The summed E-state index contributed by atoms with van der Waals surface area (Å²) in [5, 5.41) is 0. The molecular formula is C38H43F3N4O3Zn. The van der Waals surface area contributed by atoms with Crippen LogP contribution in [0.25, 0.3) is 33.3 Å². The Labute approximate surface area is 298 Å². The van der Waals surface area contributed by atoms with E-state index in [1.165, 1.54) is 0 Å². The summed E-state index contributed by atoms with van der Waals surface area (Å²) >= 11 is 0. The van der Waals surface area contributed by atoms with Crippen molar-refractivity contribution < 1.29 is 47.0 Å². The second-order valence-corrected chi connectivity index (χ2v) is 12.2. The first kappa shape index (κ1) is 38.2. The fraction of sp³-hybridized carbons (Fsp3) is 0.474. The first-order chi connectivity index (χ1) is 22.9. The molecule has 2 aromatic heterocycles. The molecule has 49 heavy (non-hydrogen) atoms. The minimum absolute atomic E-state index is 0. The van der Waals surface area contributed by atoms with E-state index in [1.54, 1.807) is 6.07 Å². The molecule has 7 nitrogen and oxygen atoms in total. The summed E-state index contributed by atoms with van der Waals surface area (Å²) in [4.78, 5) is 46.7. The van der Waals surface area contributed by atoms with Crippen molar-refractivity contribution in [3.05, 3.63) is 63.5 Å². The van der Waals surface area contributed by atoms with Crippen LogP contribution in [0.5, 0.6) is 5.75 Å². The third kappa shape index (κ3) is 6.32. The first-order valence-electron chi connectivity index (χ1n) is 17.1. The molecular weight excluding hydrogens is 683 g/mol. The van der Waals surface area contributed by atoms with Crippen molar-refractivity contribution in [1.29, 1.82) is 0 Å². The van der Waals surface area contributed by atoms with Crippen molar-refractivity contribution >= 4 is 45.1 Å². The summed E-state index contributed by atoms with van der Waals surface area (Å²) in [5.41, 5.74) is 8.04. The number of aromatic nitrogens is 4. The Balaban J connectivity index is 0.00000541. The topological polar surface area (TPSA) is 97.3 Å². The third-order valence-corrected chi connectivity index (χ3v) is 10.0. The number of fused-ring (bicyclic) bond motifs is 8. The zero-order valence-corrected chi connectivity index (χ0v) is 32.7. The predicted octanol–water partition coefficient (Wildman–Crippen LogP) is 9.29. The number of hydrogen-bond donors (Lipinski definition) is 0. The van der Waals surface area contributed by atoms with Crippen LogP contribution in [0.2, 0.25) is 0 Å². The summed E-state index contributed by atoms with van der Waals surface area (Å²) in [5.74, 6) is -3.50. The van der Waals surface area contributed by atoms with Crippen molar-refractivity contribution in [1.82, 2.24) is 19.9 Å². The van der Waals surface area contributed by atoms with E-state index in [0.717, 1.165) is 57.4 Å².